The van der Waals surface area contributed by atoms with E-state index in [0.29, 0.717) is 12.0 Å². The van der Waals surface area contributed by atoms with Gasteiger partial charge in [0.1, 0.15) is 4.83 Å². The standard InChI is InChI=1S/C22H28N4S2/c1-12(2)17-15-10-7-9-14(15)16-18-19(28-21(16)23-17)20(25-22(24-18)27-4)26-11-6-5-8-13(26)3/h12-13H,5-11H2,1-4H3/t13-/m1/s1. The third-order valence-corrected chi connectivity index (χ3v) is 7.95. The molecule has 5 rings (SSSR count). The van der Waals surface area contributed by atoms with Crippen molar-refractivity contribution < 1.29 is 0 Å². The maximum Gasteiger partial charge on any atom is 0.189 e. The zero-order chi connectivity index (χ0) is 19.4. The number of anilines is 1. The maximum absolute atomic E-state index is 5.17. The minimum Gasteiger partial charge on any atom is -0.353 e. The molecule has 0 unspecified atom stereocenters. The van der Waals surface area contributed by atoms with Crippen LogP contribution in [0.15, 0.2) is 5.16 Å². The number of thiophene rings is 1. The Morgan fingerprint density at radius 2 is 1.89 bits per heavy atom. The van der Waals surface area contributed by atoms with Gasteiger partial charge in [-0.3, -0.25) is 0 Å². The summed E-state index contributed by atoms with van der Waals surface area (Å²) in [6, 6.07) is 0.539. The minimum absolute atomic E-state index is 0.468. The number of piperidine rings is 1. The minimum atomic E-state index is 0.468. The van der Waals surface area contributed by atoms with Crippen molar-refractivity contribution in [2.45, 2.75) is 76.4 Å². The molecular formula is C22H28N4S2. The lowest BCUT2D eigenvalue weighted by Gasteiger charge is -2.34. The van der Waals surface area contributed by atoms with Gasteiger partial charge in [0.25, 0.3) is 0 Å². The molecule has 0 radical (unpaired) electrons. The molecule has 1 aliphatic heterocycles. The van der Waals surface area contributed by atoms with E-state index >= 15 is 0 Å². The molecular weight excluding hydrogens is 384 g/mol. The number of thioether (sulfide) groups is 1. The van der Waals surface area contributed by atoms with Gasteiger partial charge in [-0.05, 0) is 68.7 Å². The lowest BCUT2D eigenvalue weighted by Crippen LogP contribution is -2.38. The summed E-state index contributed by atoms with van der Waals surface area (Å²) in [5, 5.41) is 2.21. The quantitative estimate of drug-likeness (QED) is 0.393. The summed E-state index contributed by atoms with van der Waals surface area (Å²) in [6.07, 6.45) is 9.47. The zero-order valence-electron chi connectivity index (χ0n) is 17.2. The van der Waals surface area contributed by atoms with Gasteiger partial charge in [-0.1, -0.05) is 25.6 Å². The predicted molar refractivity (Wildman–Crippen MR) is 121 cm³/mol. The van der Waals surface area contributed by atoms with Gasteiger partial charge < -0.3 is 4.90 Å². The van der Waals surface area contributed by atoms with Gasteiger partial charge in [-0.2, -0.15) is 0 Å². The summed E-state index contributed by atoms with van der Waals surface area (Å²) in [5.41, 5.74) is 5.47. The Morgan fingerprint density at radius 3 is 2.64 bits per heavy atom. The second kappa shape index (κ2) is 7.13. The van der Waals surface area contributed by atoms with Crippen molar-refractivity contribution >= 4 is 49.3 Å². The number of rotatable bonds is 3. The van der Waals surface area contributed by atoms with Gasteiger partial charge in [-0.25, -0.2) is 15.0 Å². The number of fused-ring (bicyclic) bond motifs is 5. The van der Waals surface area contributed by atoms with E-state index in [1.165, 1.54) is 59.0 Å². The monoisotopic (exact) mass is 412 g/mol. The molecule has 1 fully saturated rings. The Morgan fingerprint density at radius 1 is 1.07 bits per heavy atom. The molecule has 1 saturated heterocycles. The smallest absolute Gasteiger partial charge is 0.189 e. The second-order valence-corrected chi connectivity index (χ2v) is 10.3. The van der Waals surface area contributed by atoms with Crippen molar-refractivity contribution in [2.24, 2.45) is 0 Å². The average molecular weight is 413 g/mol. The average Bonchev–Trinajstić information content (AvgIpc) is 3.30. The summed E-state index contributed by atoms with van der Waals surface area (Å²) in [6.45, 7) is 7.98. The van der Waals surface area contributed by atoms with E-state index in [-0.39, 0.29) is 0 Å². The predicted octanol–water partition coefficient (Wildman–Crippen LogP) is 5.95. The summed E-state index contributed by atoms with van der Waals surface area (Å²) in [4.78, 5) is 18.9. The van der Waals surface area contributed by atoms with Crippen molar-refractivity contribution in [2.75, 3.05) is 17.7 Å². The maximum atomic E-state index is 5.17. The van der Waals surface area contributed by atoms with Crippen LogP contribution in [0.2, 0.25) is 0 Å². The van der Waals surface area contributed by atoms with Crippen LogP contribution in [0.3, 0.4) is 0 Å². The molecule has 2 aliphatic rings. The van der Waals surface area contributed by atoms with Crippen LogP contribution in [0.25, 0.3) is 20.4 Å². The SMILES string of the molecule is CSc1nc(N2CCCC[C@H]2C)c2sc3nc(C(C)C)c4c(c3c2n1)CCC4. The third kappa shape index (κ3) is 2.83. The molecule has 0 amide bonds. The van der Waals surface area contributed by atoms with E-state index in [2.05, 4.69) is 31.9 Å². The molecule has 0 N–H and O–H groups in total. The number of hydrogen-bond donors (Lipinski definition) is 0. The van der Waals surface area contributed by atoms with E-state index in [4.69, 9.17) is 15.0 Å². The van der Waals surface area contributed by atoms with Crippen molar-refractivity contribution in [1.29, 1.82) is 0 Å². The molecule has 4 heterocycles. The summed E-state index contributed by atoms with van der Waals surface area (Å²) in [5.74, 6) is 1.61. The Labute approximate surface area is 175 Å². The van der Waals surface area contributed by atoms with Crippen LogP contribution in [0.4, 0.5) is 5.82 Å². The van der Waals surface area contributed by atoms with Crippen LogP contribution in [0.5, 0.6) is 0 Å². The molecule has 6 heteroatoms. The highest BCUT2D eigenvalue weighted by Crippen LogP contribution is 2.44. The fourth-order valence-electron chi connectivity index (χ4n) is 4.94. The summed E-state index contributed by atoms with van der Waals surface area (Å²) >= 11 is 3.47. The number of aryl methyl sites for hydroxylation is 1. The topological polar surface area (TPSA) is 41.9 Å². The number of nitrogens with zero attached hydrogens (tertiary/aromatic N) is 4. The first kappa shape index (κ1) is 18.6. The van der Waals surface area contributed by atoms with Crippen LogP contribution in [-0.4, -0.2) is 33.8 Å². The molecule has 3 aromatic rings. The highest BCUT2D eigenvalue weighted by molar-refractivity contribution is 7.98. The molecule has 0 aromatic carbocycles. The van der Waals surface area contributed by atoms with Crippen molar-refractivity contribution in [3.05, 3.63) is 16.8 Å². The molecule has 148 valence electrons. The lowest BCUT2D eigenvalue weighted by atomic mass is 9.99. The lowest BCUT2D eigenvalue weighted by molar-refractivity contribution is 0.481. The van der Waals surface area contributed by atoms with Gasteiger partial charge in [0.2, 0.25) is 0 Å². The molecule has 28 heavy (non-hydrogen) atoms. The highest BCUT2D eigenvalue weighted by atomic mass is 32.2. The Hall–Kier alpha value is -1.40. The molecule has 3 aromatic heterocycles. The van der Waals surface area contributed by atoms with Crippen LogP contribution in [0.1, 0.15) is 69.2 Å². The molecule has 0 saturated carbocycles. The van der Waals surface area contributed by atoms with E-state index in [9.17, 15) is 0 Å². The second-order valence-electron chi connectivity index (χ2n) is 8.49. The van der Waals surface area contributed by atoms with E-state index in [1.807, 2.05) is 11.3 Å². The first-order chi connectivity index (χ1) is 13.6. The van der Waals surface area contributed by atoms with Gasteiger partial charge in [0.05, 0.1) is 10.2 Å². The first-order valence-electron chi connectivity index (χ1n) is 10.5. The summed E-state index contributed by atoms with van der Waals surface area (Å²) in [7, 11) is 0. The van der Waals surface area contributed by atoms with Crippen molar-refractivity contribution in [3.63, 3.8) is 0 Å². The van der Waals surface area contributed by atoms with Crippen molar-refractivity contribution in [1.82, 2.24) is 15.0 Å². The van der Waals surface area contributed by atoms with Crippen LogP contribution in [0, 0.1) is 0 Å². The van der Waals surface area contributed by atoms with Crippen LogP contribution >= 0.6 is 23.1 Å². The van der Waals surface area contributed by atoms with Gasteiger partial charge >= 0.3 is 0 Å². The molecule has 4 nitrogen and oxygen atoms in total. The fraction of sp³-hybridized carbons (Fsp3) is 0.591. The van der Waals surface area contributed by atoms with Crippen LogP contribution < -0.4 is 4.90 Å². The zero-order valence-corrected chi connectivity index (χ0v) is 18.8. The largest absolute Gasteiger partial charge is 0.353 e. The normalized spacial score (nSPS) is 19.9. The van der Waals surface area contributed by atoms with E-state index < -0.39 is 0 Å². The molecule has 1 atom stereocenters. The Kier molecular flexibility index (Phi) is 4.74. The highest BCUT2D eigenvalue weighted by Gasteiger charge is 2.28. The first-order valence-corrected chi connectivity index (χ1v) is 12.6. The molecule has 1 aliphatic carbocycles. The van der Waals surface area contributed by atoms with Gasteiger partial charge in [-0.15, -0.1) is 11.3 Å². The van der Waals surface area contributed by atoms with Gasteiger partial charge in [0, 0.05) is 23.7 Å². The molecule has 0 spiro atoms. The van der Waals surface area contributed by atoms with E-state index in [0.717, 1.165) is 34.3 Å². The number of hydrogen-bond acceptors (Lipinski definition) is 6. The Bertz CT molecular complexity index is 1060. The van der Waals surface area contributed by atoms with Gasteiger partial charge in [0.15, 0.2) is 11.0 Å². The summed E-state index contributed by atoms with van der Waals surface area (Å²) < 4.78 is 1.24. The van der Waals surface area contributed by atoms with Crippen molar-refractivity contribution in [3.8, 4) is 0 Å². The Balaban J connectivity index is 1.83. The fourth-order valence-corrected chi connectivity index (χ4v) is 6.46. The number of pyridine rings is 1. The van der Waals surface area contributed by atoms with E-state index in [1.54, 1.807) is 11.8 Å². The number of aromatic nitrogens is 3. The molecule has 0 bridgehead atoms. The third-order valence-electron chi connectivity index (χ3n) is 6.33. The van der Waals surface area contributed by atoms with Crippen LogP contribution in [-0.2, 0) is 12.8 Å².